The van der Waals surface area contributed by atoms with Gasteiger partial charge < -0.3 is 19.4 Å². The van der Waals surface area contributed by atoms with E-state index in [1.165, 1.54) is 0 Å². The average Bonchev–Trinajstić information content (AvgIpc) is 3.13. The van der Waals surface area contributed by atoms with Crippen molar-refractivity contribution >= 4 is 5.78 Å². The van der Waals surface area contributed by atoms with Gasteiger partial charge in [0.25, 0.3) is 0 Å². The lowest BCUT2D eigenvalue weighted by Crippen LogP contribution is -2.71. The number of Topliss-reactive ketones (excluding diaryl/α,β-unsaturated/α-hetero) is 1. The van der Waals surface area contributed by atoms with Gasteiger partial charge in [0, 0.05) is 40.6 Å². The van der Waals surface area contributed by atoms with E-state index in [2.05, 4.69) is 13.8 Å². The topological polar surface area (TPSA) is 97.0 Å². The molecule has 0 unspecified atom stereocenters. The van der Waals surface area contributed by atoms with Crippen LogP contribution in [-0.4, -0.2) is 33.8 Å². The summed E-state index contributed by atoms with van der Waals surface area (Å²) in [5.74, 6) is 0.836. The molecule has 2 fully saturated rings. The maximum absolute atomic E-state index is 12.9. The van der Waals surface area contributed by atoms with Gasteiger partial charge in [-0.1, -0.05) is 33.8 Å². The fourth-order valence-corrected chi connectivity index (χ4v) is 8.42. The fraction of sp³-hybridized carbons (Fsp3) is 0.704. The Labute approximate surface area is 195 Å². The Morgan fingerprint density at radius 3 is 2.39 bits per heavy atom. The Bertz CT molecular complexity index is 1140. The fourth-order valence-electron chi connectivity index (χ4n) is 8.42. The first-order valence-corrected chi connectivity index (χ1v) is 12.1. The second-order valence-electron chi connectivity index (χ2n) is 12.0. The Morgan fingerprint density at radius 2 is 1.73 bits per heavy atom. The molecule has 2 saturated carbocycles. The molecule has 7 atom stereocenters. The quantitative estimate of drug-likeness (QED) is 0.579. The third-order valence-corrected chi connectivity index (χ3v) is 10.4. The van der Waals surface area contributed by atoms with E-state index in [-0.39, 0.29) is 29.7 Å². The van der Waals surface area contributed by atoms with Crippen molar-refractivity contribution in [1.29, 1.82) is 0 Å². The van der Waals surface area contributed by atoms with Gasteiger partial charge in [-0.3, -0.25) is 4.79 Å². The van der Waals surface area contributed by atoms with Gasteiger partial charge in [-0.05, 0) is 45.1 Å². The molecule has 0 saturated heterocycles. The number of aryl methyl sites for hydroxylation is 1. The van der Waals surface area contributed by atoms with Crippen molar-refractivity contribution in [2.24, 2.45) is 28.1 Å². The summed E-state index contributed by atoms with van der Waals surface area (Å²) in [6.45, 7) is 13.8. The summed E-state index contributed by atoms with van der Waals surface area (Å²) in [6, 6.07) is 0. The predicted molar refractivity (Wildman–Crippen MR) is 123 cm³/mol. The van der Waals surface area contributed by atoms with Crippen molar-refractivity contribution in [2.75, 3.05) is 0 Å². The Morgan fingerprint density at radius 1 is 1.06 bits per heavy atom. The summed E-state index contributed by atoms with van der Waals surface area (Å²) >= 11 is 0. The van der Waals surface area contributed by atoms with Crippen LogP contribution in [0.5, 0.6) is 5.75 Å². The first-order valence-electron chi connectivity index (χ1n) is 12.1. The maximum atomic E-state index is 12.9. The van der Waals surface area contributed by atoms with E-state index in [1.807, 2.05) is 33.8 Å². The second-order valence-corrected chi connectivity index (χ2v) is 12.0. The van der Waals surface area contributed by atoms with E-state index in [0.29, 0.717) is 23.5 Å². The summed E-state index contributed by atoms with van der Waals surface area (Å²) < 4.78 is 12.3. The molecule has 0 bridgehead atoms. The lowest BCUT2D eigenvalue weighted by Gasteiger charge is -2.68. The number of ketones is 1. The van der Waals surface area contributed by atoms with Crippen LogP contribution in [0.1, 0.15) is 70.8 Å². The number of hydrogen-bond acceptors (Lipinski definition) is 6. The number of aliphatic hydroxyl groups excluding tert-OH is 2. The highest BCUT2D eigenvalue weighted by Crippen LogP contribution is 2.70. The Kier molecular flexibility index (Phi) is 4.57. The maximum Gasteiger partial charge on any atom is 0.343 e. The van der Waals surface area contributed by atoms with Crippen molar-refractivity contribution in [3.63, 3.8) is 0 Å². The van der Waals surface area contributed by atoms with Crippen LogP contribution < -0.4 is 10.4 Å². The standard InChI is InChI=1S/C27H36O6/c1-13-10-17(28)22-25(6,9-8-18-24(4,5)19(29)11-20(30)26(18,22)7)27(13)12-16-21(33-27)14(2)15(3)32-23(16)31/h10,17-18,20,22,28,30H,8-9,11-12H2,1-7H3/t17-,18-,20+,22-,25+,26+,27-/m0/s1. The third kappa shape index (κ3) is 2.52. The van der Waals surface area contributed by atoms with E-state index in [1.54, 1.807) is 6.92 Å². The number of aliphatic hydroxyl groups is 2. The van der Waals surface area contributed by atoms with Crippen LogP contribution >= 0.6 is 0 Å². The number of carbonyl (C=O) groups is 1. The molecule has 0 amide bonds. The first kappa shape index (κ1) is 22.9. The van der Waals surface area contributed by atoms with Crippen LogP contribution in [-0.2, 0) is 11.2 Å². The minimum absolute atomic E-state index is 0.0596. The predicted octanol–water partition coefficient (Wildman–Crippen LogP) is 3.65. The molecular weight excluding hydrogens is 420 g/mol. The Balaban J connectivity index is 1.71. The SMILES string of the molecule is CC1=C[C@H](O)[C@@H]2[C@@]3(C)[C@H](O)CC(=O)C(C)(C)[C@@H]3CC[C@@]2(C)[C@]12Cc1c(c(C)c(C)oc1=O)O2. The van der Waals surface area contributed by atoms with Crippen molar-refractivity contribution in [2.45, 2.75) is 92.0 Å². The van der Waals surface area contributed by atoms with Crippen LogP contribution in [0.3, 0.4) is 0 Å². The number of hydrogen-bond donors (Lipinski definition) is 2. The average molecular weight is 457 g/mol. The van der Waals surface area contributed by atoms with E-state index < -0.39 is 34.1 Å². The molecule has 6 heteroatoms. The Hall–Kier alpha value is -1.92. The van der Waals surface area contributed by atoms with Crippen molar-refractivity contribution in [3.8, 4) is 5.75 Å². The van der Waals surface area contributed by atoms with Gasteiger partial charge in [-0.2, -0.15) is 0 Å². The van der Waals surface area contributed by atoms with Crippen LogP contribution in [0.25, 0.3) is 0 Å². The second kappa shape index (κ2) is 6.60. The minimum Gasteiger partial charge on any atom is -0.481 e. The normalized spacial score (nSPS) is 43.4. The molecule has 3 aliphatic carbocycles. The summed E-state index contributed by atoms with van der Waals surface area (Å²) in [7, 11) is 0. The van der Waals surface area contributed by atoms with Crippen molar-refractivity contribution < 1.29 is 24.2 Å². The molecule has 2 N–H and O–H groups in total. The molecule has 6 nitrogen and oxygen atoms in total. The molecule has 4 aliphatic rings. The zero-order valence-corrected chi connectivity index (χ0v) is 20.7. The van der Waals surface area contributed by atoms with Crippen molar-refractivity contribution in [1.82, 2.24) is 0 Å². The van der Waals surface area contributed by atoms with Gasteiger partial charge >= 0.3 is 5.63 Å². The van der Waals surface area contributed by atoms with Crippen LogP contribution in [0.2, 0.25) is 0 Å². The van der Waals surface area contributed by atoms with E-state index >= 15 is 0 Å². The summed E-state index contributed by atoms with van der Waals surface area (Å²) in [5, 5.41) is 22.9. The van der Waals surface area contributed by atoms with E-state index in [9.17, 15) is 19.8 Å². The number of carbonyl (C=O) groups excluding carboxylic acids is 1. The number of ether oxygens (including phenoxy) is 1. The summed E-state index contributed by atoms with van der Waals surface area (Å²) in [4.78, 5) is 25.7. The van der Waals surface area contributed by atoms with Gasteiger partial charge in [0.05, 0.1) is 17.8 Å². The van der Waals surface area contributed by atoms with Crippen molar-refractivity contribution in [3.05, 3.63) is 39.0 Å². The zero-order valence-electron chi connectivity index (χ0n) is 20.7. The first-order chi connectivity index (χ1) is 15.2. The smallest absolute Gasteiger partial charge is 0.343 e. The van der Waals surface area contributed by atoms with Crippen LogP contribution in [0.15, 0.2) is 20.9 Å². The number of fused-ring (bicyclic) bond motifs is 5. The molecule has 180 valence electrons. The monoisotopic (exact) mass is 456 g/mol. The lowest BCUT2D eigenvalue weighted by atomic mass is 9.37. The molecule has 0 radical (unpaired) electrons. The van der Waals surface area contributed by atoms with Gasteiger partial charge in [-0.15, -0.1) is 0 Å². The summed E-state index contributed by atoms with van der Waals surface area (Å²) in [5.41, 5.74) is -0.712. The van der Waals surface area contributed by atoms with E-state index in [0.717, 1.165) is 24.0 Å². The van der Waals surface area contributed by atoms with Gasteiger partial charge in [-0.25, -0.2) is 4.79 Å². The highest BCUT2D eigenvalue weighted by Gasteiger charge is 2.72. The highest BCUT2D eigenvalue weighted by atomic mass is 16.5. The molecule has 0 aromatic carbocycles. The zero-order chi connectivity index (χ0) is 24.3. The largest absolute Gasteiger partial charge is 0.481 e. The molecule has 1 aliphatic heterocycles. The van der Waals surface area contributed by atoms with Crippen LogP contribution in [0, 0.1) is 41.9 Å². The van der Waals surface area contributed by atoms with E-state index in [4.69, 9.17) is 9.15 Å². The van der Waals surface area contributed by atoms with Crippen LogP contribution in [0.4, 0.5) is 0 Å². The van der Waals surface area contributed by atoms with Gasteiger partial charge in [0.1, 0.15) is 22.9 Å². The third-order valence-electron chi connectivity index (χ3n) is 10.4. The molecule has 1 aromatic heterocycles. The molecule has 1 spiro atoms. The molecule has 5 rings (SSSR count). The molecule has 1 aromatic rings. The van der Waals surface area contributed by atoms with Gasteiger partial charge in [0.15, 0.2) is 0 Å². The minimum atomic E-state index is -0.844. The molecule has 33 heavy (non-hydrogen) atoms. The summed E-state index contributed by atoms with van der Waals surface area (Å²) in [6.07, 6.45) is 2.17. The highest BCUT2D eigenvalue weighted by molar-refractivity contribution is 5.86. The molecular formula is C27H36O6. The lowest BCUT2D eigenvalue weighted by molar-refractivity contribution is -0.236. The number of rotatable bonds is 0. The molecule has 2 heterocycles. The van der Waals surface area contributed by atoms with Gasteiger partial charge in [0.2, 0.25) is 0 Å².